The highest BCUT2D eigenvalue weighted by atomic mass is 32.1. The molecule has 2 aromatic carbocycles. The molecule has 1 amide bonds. The lowest BCUT2D eigenvalue weighted by Gasteiger charge is -2.26. The van der Waals surface area contributed by atoms with Crippen LogP contribution in [-0.2, 0) is 11.3 Å². The minimum absolute atomic E-state index is 0.135. The highest BCUT2D eigenvalue weighted by Crippen LogP contribution is 2.26. The topological polar surface area (TPSA) is 72.3 Å². The molecule has 1 fully saturated rings. The number of anilines is 1. The van der Waals surface area contributed by atoms with E-state index >= 15 is 0 Å². The van der Waals surface area contributed by atoms with Gasteiger partial charge in [0.25, 0.3) is 5.91 Å². The van der Waals surface area contributed by atoms with Crippen molar-refractivity contribution in [2.45, 2.75) is 6.54 Å². The smallest absolute Gasteiger partial charge is 0.295 e. The maximum absolute atomic E-state index is 13.0. The number of amides is 1. The van der Waals surface area contributed by atoms with Gasteiger partial charge in [-0.15, -0.1) is 16.4 Å². The Labute approximate surface area is 190 Å². The van der Waals surface area contributed by atoms with Crippen LogP contribution in [-0.4, -0.2) is 51.9 Å². The zero-order valence-electron chi connectivity index (χ0n) is 17.5. The fourth-order valence-electron chi connectivity index (χ4n) is 3.67. The molecular formula is C24H23N5O2S. The third kappa shape index (κ3) is 4.62. The van der Waals surface area contributed by atoms with E-state index in [-0.39, 0.29) is 11.7 Å². The summed E-state index contributed by atoms with van der Waals surface area (Å²) in [4.78, 5) is 20.9. The molecule has 1 N–H and O–H groups in total. The zero-order valence-corrected chi connectivity index (χ0v) is 18.3. The van der Waals surface area contributed by atoms with Crippen molar-refractivity contribution >= 4 is 22.9 Å². The normalized spacial score (nSPS) is 14.4. The van der Waals surface area contributed by atoms with Gasteiger partial charge >= 0.3 is 0 Å². The molecule has 0 spiro atoms. The maximum Gasteiger partial charge on any atom is 0.295 e. The second kappa shape index (κ2) is 9.44. The molecule has 162 valence electrons. The minimum atomic E-state index is -0.332. The molecule has 0 atom stereocenters. The number of nitrogens with one attached hydrogen (secondary N) is 1. The van der Waals surface area contributed by atoms with E-state index < -0.39 is 0 Å². The summed E-state index contributed by atoms with van der Waals surface area (Å²) in [5, 5.41) is 9.47. The number of hydrogen-bond donors (Lipinski definition) is 1. The van der Waals surface area contributed by atoms with E-state index in [4.69, 9.17) is 4.74 Å². The Balaban J connectivity index is 1.37. The Morgan fingerprint density at radius 3 is 2.66 bits per heavy atom. The van der Waals surface area contributed by atoms with Crippen LogP contribution in [0.4, 0.5) is 5.69 Å². The van der Waals surface area contributed by atoms with Gasteiger partial charge in [-0.2, -0.15) is 0 Å². The average Bonchev–Trinajstić information content (AvgIpc) is 3.51. The summed E-state index contributed by atoms with van der Waals surface area (Å²) in [7, 11) is 0. The number of thiophene rings is 1. The molecule has 3 heterocycles. The average molecular weight is 446 g/mol. The fourth-order valence-corrected chi connectivity index (χ4v) is 4.37. The first-order valence-corrected chi connectivity index (χ1v) is 11.4. The summed E-state index contributed by atoms with van der Waals surface area (Å²) in [5.41, 5.74) is 2.73. The Kier molecular flexibility index (Phi) is 6.06. The Hall–Kier alpha value is -3.33. The molecule has 0 radical (unpaired) electrons. The van der Waals surface area contributed by atoms with Gasteiger partial charge < -0.3 is 10.1 Å². The van der Waals surface area contributed by atoms with Gasteiger partial charge in [0.15, 0.2) is 5.82 Å². The second-order valence-corrected chi connectivity index (χ2v) is 8.47. The Morgan fingerprint density at radius 2 is 1.88 bits per heavy atom. The largest absolute Gasteiger partial charge is 0.379 e. The van der Waals surface area contributed by atoms with E-state index in [0.717, 1.165) is 54.7 Å². The molecule has 4 aromatic rings. The second-order valence-electron chi connectivity index (χ2n) is 7.53. The quantitative estimate of drug-likeness (QED) is 0.484. The first kappa shape index (κ1) is 20.6. The first-order chi connectivity index (χ1) is 15.8. The third-order valence-electron chi connectivity index (χ3n) is 5.25. The van der Waals surface area contributed by atoms with Gasteiger partial charge in [-0.1, -0.05) is 36.4 Å². The van der Waals surface area contributed by atoms with E-state index in [1.54, 1.807) is 16.0 Å². The van der Waals surface area contributed by atoms with Crippen LogP contribution in [0, 0.1) is 0 Å². The molecule has 32 heavy (non-hydrogen) atoms. The molecule has 1 aliphatic heterocycles. The summed E-state index contributed by atoms with van der Waals surface area (Å²) >= 11 is 1.56. The SMILES string of the molecule is O=C(Nc1cccc(CN2CCOCC2)c1)c1nc(-c2cccs2)n(-c2ccccc2)n1. The number of hydrogen-bond acceptors (Lipinski definition) is 6. The van der Waals surface area contributed by atoms with Crippen LogP contribution in [0.5, 0.6) is 0 Å². The third-order valence-corrected chi connectivity index (χ3v) is 6.11. The summed E-state index contributed by atoms with van der Waals surface area (Å²) in [6, 6.07) is 21.6. The van der Waals surface area contributed by atoms with E-state index in [9.17, 15) is 4.79 Å². The van der Waals surface area contributed by atoms with Gasteiger partial charge in [0.05, 0.1) is 23.8 Å². The molecular weight excluding hydrogens is 422 g/mol. The van der Waals surface area contributed by atoms with Crippen molar-refractivity contribution in [3.63, 3.8) is 0 Å². The van der Waals surface area contributed by atoms with Crippen molar-refractivity contribution in [2.24, 2.45) is 0 Å². The molecule has 0 bridgehead atoms. The monoisotopic (exact) mass is 445 g/mol. The van der Waals surface area contributed by atoms with Gasteiger partial charge in [0.2, 0.25) is 5.82 Å². The van der Waals surface area contributed by atoms with Gasteiger partial charge in [-0.3, -0.25) is 9.69 Å². The number of carbonyl (C=O) groups is 1. The predicted molar refractivity (Wildman–Crippen MR) is 125 cm³/mol. The van der Waals surface area contributed by atoms with Crippen molar-refractivity contribution in [2.75, 3.05) is 31.6 Å². The van der Waals surface area contributed by atoms with Crippen molar-refractivity contribution in [3.8, 4) is 16.4 Å². The zero-order chi connectivity index (χ0) is 21.8. The lowest BCUT2D eigenvalue weighted by molar-refractivity contribution is 0.0342. The fraction of sp³-hybridized carbons (Fsp3) is 0.208. The Bertz CT molecular complexity index is 1180. The number of aromatic nitrogens is 3. The van der Waals surface area contributed by atoms with Gasteiger partial charge in [0, 0.05) is 25.3 Å². The molecule has 1 saturated heterocycles. The molecule has 0 saturated carbocycles. The Morgan fingerprint density at radius 1 is 1.03 bits per heavy atom. The van der Waals surface area contributed by atoms with Crippen LogP contribution in [0.15, 0.2) is 72.1 Å². The summed E-state index contributed by atoms with van der Waals surface area (Å²) in [6.07, 6.45) is 0. The summed E-state index contributed by atoms with van der Waals surface area (Å²) in [5.74, 6) is 0.453. The standard InChI is InChI=1S/C24H23N5O2S/c30-24(25-19-7-4-6-18(16-19)17-28-11-13-31-14-12-28)22-26-23(21-10-5-15-32-21)29(27-22)20-8-2-1-3-9-20/h1-10,15-16H,11-14,17H2,(H,25,30). The van der Waals surface area contributed by atoms with E-state index in [1.807, 2.05) is 66.0 Å². The number of ether oxygens (including phenoxy) is 1. The number of para-hydroxylation sites is 1. The van der Waals surface area contributed by atoms with Crippen LogP contribution < -0.4 is 5.32 Å². The molecule has 8 heteroatoms. The lowest BCUT2D eigenvalue weighted by atomic mass is 10.2. The van der Waals surface area contributed by atoms with Crippen LogP contribution in [0.2, 0.25) is 0 Å². The van der Waals surface area contributed by atoms with E-state index in [1.165, 1.54) is 0 Å². The molecule has 0 unspecified atom stereocenters. The van der Waals surface area contributed by atoms with Crippen LogP contribution in [0.1, 0.15) is 16.2 Å². The number of benzene rings is 2. The van der Waals surface area contributed by atoms with Crippen molar-refractivity contribution in [1.82, 2.24) is 19.7 Å². The summed E-state index contributed by atoms with van der Waals surface area (Å²) in [6.45, 7) is 4.19. The van der Waals surface area contributed by atoms with Gasteiger partial charge in [0.1, 0.15) is 0 Å². The number of rotatable bonds is 6. The maximum atomic E-state index is 13.0. The van der Waals surface area contributed by atoms with Crippen LogP contribution in [0.25, 0.3) is 16.4 Å². The molecule has 7 nitrogen and oxygen atoms in total. The lowest BCUT2D eigenvalue weighted by Crippen LogP contribution is -2.35. The predicted octanol–water partition coefficient (Wildman–Crippen LogP) is 4.08. The van der Waals surface area contributed by atoms with Crippen molar-refractivity contribution in [1.29, 1.82) is 0 Å². The van der Waals surface area contributed by atoms with Crippen LogP contribution in [0.3, 0.4) is 0 Å². The number of morpholine rings is 1. The molecule has 2 aromatic heterocycles. The number of carbonyl (C=O) groups excluding carboxylic acids is 1. The molecule has 1 aliphatic rings. The van der Waals surface area contributed by atoms with E-state index in [0.29, 0.717) is 5.82 Å². The highest BCUT2D eigenvalue weighted by molar-refractivity contribution is 7.13. The summed E-state index contributed by atoms with van der Waals surface area (Å²) < 4.78 is 7.14. The highest BCUT2D eigenvalue weighted by Gasteiger charge is 2.20. The van der Waals surface area contributed by atoms with Gasteiger partial charge in [-0.05, 0) is 41.3 Å². The first-order valence-electron chi connectivity index (χ1n) is 10.5. The van der Waals surface area contributed by atoms with Crippen molar-refractivity contribution < 1.29 is 9.53 Å². The molecule has 5 rings (SSSR count). The number of nitrogens with zero attached hydrogens (tertiary/aromatic N) is 4. The molecule has 0 aliphatic carbocycles. The minimum Gasteiger partial charge on any atom is -0.379 e. The van der Waals surface area contributed by atoms with E-state index in [2.05, 4.69) is 26.4 Å². The van der Waals surface area contributed by atoms with Gasteiger partial charge in [-0.25, -0.2) is 9.67 Å². The van der Waals surface area contributed by atoms with Crippen LogP contribution >= 0.6 is 11.3 Å². The van der Waals surface area contributed by atoms with Crippen molar-refractivity contribution in [3.05, 3.63) is 83.5 Å².